The van der Waals surface area contributed by atoms with E-state index in [2.05, 4.69) is 47.9 Å². The van der Waals surface area contributed by atoms with Gasteiger partial charge < -0.3 is 9.42 Å². The molecule has 7 heteroatoms. The lowest BCUT2D eigenvalue weighted by atomic mass is 9.87. The summed E-state index contributed by atoms with van der Waals surface area (Å²) in [6.45, 7) is 9.33. The number of rotatable bonds is 6. The lowest BCUT2D eigenvalue weighted by molar-refractivity contribution is -0.136. The second-order valence-corrected chi connectivity index (χ2v) is 10.7. The first-order valence-corrected chi connectivity index (χ1v) is 12.2. The van der Waals surface area contributed by atoms with Crippen LogP contribution in [0, 0.1) is 5.92 Å². The third-order valence-corrected chi connectivity index (χ3v) is 6.65. The molecule has 1 amide bonds. The molecule has 0 spiro atoms. The average Bonchev–Trinajstić information content (AvgIpc) is 3.28. The molecule has 1 saturated heterocycles. The van der Waals surface area contributed by atoms with Gasteiger partial charge in [0, 0.05) is 30.7 Å². The van der Waals surface area contributed by atoms with Crippen molar-refractivity contribution in [1.82, 2.24) is 19.9 Å². The average molecular weight is 481 g/mol. The summed E-state index contributed by atoms with van der Waals surface area (Å²) < 4.78 is 5.54. The summed E-state index contributed by atoms with van der Waals surface area (Å²) in [5.74, 6) is 1.32. The molecular formula is C27H33ClN4O2. The fraction of sp³-hybridized carbons (Fsp3) is 0.444. The van der Waals surface area contributed by atoms with E-state index < -0.39 is 0 Å². The minimum Gasteiger partial charge on any atom is -0.341 e. The highest BCUT2D eigenvalue weighted by molar-refractivity contribution is 6.30. The van der Waals surface area contributed by atoms with E-state index in [1.165, 1.54) is 5.56 Å². The Hall–Kier alpha value is -2.70. The van der Waals surface area contributed by atoms with Crippen LogP contribution in [0.3, 0.4) is 0 Å². The number of amides is 1. The van der Waals surface area contributed by atoms with Gasteiger partial charge in [-0.05, 0) is 48.1 Å². The lowest BCUT2D eigenvalue weighted by Gasteiger charge is -2.33. The van der Waals surface area contributed by atoms with E-state index in [0.717, 1.165) is 30.5 Å². The normalized spacial score (nSPS) is 17.0. The standard InChI is InChI=1S/C27H33ClN4O2/c1-27(2,3)22-11-9-20(10-12-22)25-29-24(34-30-25)18-32-15-5-6-21(17-32)26(33)31(4)16-19-7-13-23(28)14-8-19/h7-14,21H,5-6,15-18H2,1-4H3. The van der Waals surface area contributed by atoms with Crippen molar-refractivity contribution < 1.29 is 9.32 Å². The van der Waals surface area contributed by atoms with E-state index in [1.807, 2.05) is 48.3 Å². The molecule has 180 valence electrons. The molecule has 0 bridgehead atoms. The van der Waals surface area contributed by atoms with Crippen LogP contribution in [-0.2, 0) is 23.3 Å². The van der Waals surface area contributed by atoms with Crippen LogP contribution in [0.5, 0.6) is 0 Å². The van der Waals surface area contributed by atoms with Crippen molar-refractivity contribution >= 4 is 17.5 Å². The molecule has 3 aromatic rings. The third kappa shape index (κ3) is 6.05. The van der Waals surface area contributed by atoms with Gasteiger partial charge in [0.1, 0.15) is 0 Å². The molecule has 4 rings (SSSR count). The summed E-state index contributed by atoms with van der Waals surface area (Å²) in [6.07, 6.45) is 1.87. The number of piperidine rings is 1. The van der Waals surface area contributed by atoms with Gasteiger partial charge in [0.05, 0.1) is 12.5 Å². The number of hydrogen-bond donors (Lipinski definition) is 0. The molecule has 0 N–H and O–H groups in total. The number of halogens is 1. The van der Waals surface area contributed by atoms with Gasteiger partial charge in [-0.2, -0.15) is 4.98 Å². The zero-order valence-corrected chi connectivity index (χ0v) is 21.2. The summed E-state index contributed by atoms with van der Waals surface area (Å²) in [4.78, 5) is 21.7. The third-order valence-electron chi connectivity index (χ3n) is 6.40. The first kappa shape index (κ1) is 24.4. The van der Waals surface area contributed by atoms with Crippen LogP contribution >= 0.6 is 11.6 Å². The zero-order valence-electron chi connectivity index (χ0n) is 20.4. The second-order valence-electron chi connectivity index (χ2n) is 10.2. The van der Waals surface area contributed by atoms with Crippen molar-refractivity contribution in [2.75, 3.05) is 20.1 Å². The molecule has 1 unspecified atom stereocenters. The fourth-order valence-corrected chi connectivity index (χ4v) is 4.53. The lowest BCUT2D eigenvalue weighted by Crippen LogP contribution is -2.43. The van der Waals surface area contributed by atoms with E-state index in [1.54, 1.807) is 0 Å². The van der Waals surface area contributed by atoms with Crippen molar-refractivity contribution in [2.24, 2.45) is 5.92 Å². The second kappa shape index (κ2) is 10.3. The van der Waals surface area contributed by atoms with Crippen LogP contribution in [0.2, 0.25) is 5.02 Å². The molecule has 0 radical (unpaired) electrons. The molecule has 2 aromatic carbocycles. The first-order chi connectivity index (χ1) is 16.2. The van der Waals surface area contributed by atoms with E-state index in [0.29, 0.717) is 36.4 Å². The molecule has 1 aliphatic rings. The molecule has 34 heavy (non-hydrogen) atoms. The molecule has 1 fully saturated rings. The van der Waals surface area contributed by atoms with Crippen LogP contribution in [0.1, 0.15) is 50.6 Å². The summed E-state index contributed by atoms with van der Waals surface area (Å²) in [5.41, 5.74) is 3.39. The maximum atomic E-state index is 13.1. The van der Waals surface area contributed by atoms with E-state index >= 15 is 0 Å². The molecule has 2 heterocycles. The Balaban J connectivity index is 1.34. The van der Waals surface area contributed by atoms with Gasteiger partial charge in [-0.15, -0.1) is 0 Å². The molecule has 1 aliphatic heterocycles. The fourth-order valence-electron chi connectivity index (χ4n) is 4.40. The quantitative estimate of drug-likeness (QED) is 0.462. The summed E-state index contributed by atoms with van der Waals surface area (Å²) in [5, 5.41) is 4.88. The van der Waals surface area contributed by atoms with Crippen LogP contribution in [0.25, 0.3) is 11.4 Å². The predicted molar refractivity (Wildman–Crippen MR) is 134 cm³/mol. The van der Waals surface area contributed by atoms with Crippen molar-refractivity contribution in [1.29, 1.82) is 0 Å². The Kier molecular flexibility index (Phi) is 7.39. The molecular weight excluding hydrogens is 448 g/mol. The number of carbonyl (C=O) groups is 1. The van der Waals surface area contributed by atoms with Crippen molar-refractivity contribution in [3.05, 3.63) is 70.6 Å². The Morgan fingerprint density at radius 1 is 1.15 bits per heavy atom. The first-order valence-electron chi connectivity index (χ1n) is 11.8. The Labute approximate surface area is 206 Å². The van der Waals surface area contributed by atoms with Gasteiger partial charge in [0.2, 0.25) is 17.6 Å². The molecule has 0 aliphatic carbocycles. The Morgan fingerprint density at radius 3 is 2.53 bits per heavy atom. The van der Waals surface area contributed by atoms with Crippen molar-refractivity contribution in [2.45, 2.75) is 52.1 Å². The van der Waals surface area contributed by atoms with Gasteiger partial charge in [-0.3, -0.25) is 9.69 Å². The van der Waals surface area contributed by atoms with E-state index in [-0.39, 0.29) is 17.2 Å². The number of carbonyl (C=O) groups excluding carboxylic acids is 1. The van der Waals surface area contributed by atoms with Gasteiger partial charge >= 0.3 is 0 Å². The van der Waals surface area contributed by atoms with Crippen LogP contribution < -0.4 is 0 Å². The Bertz CT molecular complexity index is 1100. The monoisotopic (exact) mass is 480 g/mol. The SMILES string of the molecule is CN(Cc1ccc(Cl)cc1)C(=O)C1CCCN(Cc2nc(-c3ccc(C(C)(C)C)cc3)no2)C1. The predicted octanol–water partition coefficient (Wildman–Crippen LogP) is 5.56. The minimum atomic E-state index is -0.0293. The summed E-state index contributed by atoms with van der Waals surface area (Å²) >= 11 is 5.97. The zero-order chi connectivity index (χ0) is 24.3. The van der Waals surface area contributed by atoms with Gasteiger partial charge in [-0.25, -0.2) is 0 Å². The number of hydrogen-bond acceptors (Lipinski definition) is 5. The Morgan fingerprint density at radius 2 is 1.85 bits per heavy atom. The molecule has 1 aromatic heterocycles. The van der Waals surface area contributed by atoms with Gasteiger partial charge in [0.25, 0.3) is 0 Å². The highest BCUT2D eigenvalue weighted by Crippen LogP contribution is 2.26. The van der Waals surface area contributed by atoms with E-state index in [9.17, 15) is 4.79 Å². The number of benzene rings is 2. The smallest absolute Gasteiger partial charge is 0.241 e. The van der Waals surface area contributed by atoms with Crippen LogP contribution in [-0.4, -0.2) is 46.0 Å². The number of likely N-dealkylation sites (tertiary alicyclic amines) is 1. The highest BCUT2D eigenvalue weighted by Gasteiger charge is 2.29. The number of aromatic nitrogens is 2. The van der Waals surface area contributed by atoms with E-state index in [4.69, 9.17) is 16.1 Å². The van der Waals surface area contributed by atoms with Gasteiger partial charge in [0.15, 0.2) is 0 Å². The molecule has 0 saturated carbocycles. The van der Waals surface area contributed by atoms with Gasteiger partial charge in [-0.1, -0.05) is 73.9 Å². The maximum absolute atomic E-state index is 13.1. The summed E-state index contributed by atoms with van der Waals surface area (Å²) in [7, 11) is 1.87. The minimum absolute atomic E-state index is 0.0293. The summed E-state index contributed by atoms with van der Waals surface area (Å²) in [6, 6.07) is 16.0. The van der Waals surface area contributed by atoms with Crippen molar-refractivity contribution in [3.8, 4) is 11.4 Å². The van der Waals surface area contributed by atoms with Crippen LogP contribution in [0.4, 0.5) is 0 Å². The topological polar surface area (TPSA) is 62.5 Å². The highest BCUT2D eigenvalue weighted by atomic mass is 35.5. The molecule has 6 nitrogen and oxygen atoms in total. The van der Waals surface area contributed by atoms with Crippen LogP contribution in [0.15, 0.2) is 53.1 Å². The number of nitrogens with zero attached hydrogens (tertiary/aromatic N) is 4. The maximum Gasteiger partial charge on any atom is 0.241 e. The largest absolute Gasteiger partial charge is 0.341 e. The molecule has 1 atom stereocenters. The van der Waals surface area contributed by atoms with Crippen molar-refractivity contribution in [3.63, 3.8) is 0 Å².